The number of fused-ring (bicyclic) bond motifs is 6. The highest BCUT2D eigenvalue weighted by molar-refractivity contribution is 14.0. The largest absolute Gasteiger partial charge is 0.383 e. The summed E-state index contributed by atoms with van der Waals surface area (Å²) in [5.41, 5.74) is 1.18. The number of hydrogen-bond donors (Lipinski definition) is 3. The minimum atomic E-state index is -0.955. The summed E-state index contributed by atoms with van der Waals surface area (Å²) in [7, 11) is 0. The van der Waals surface area contributed by atoms with Crippen molar-refractivity contribution in [2.45, 2.75) is 31.8 Å². The predicted molar refractivity (Wildman–Crippen MR) is 132 cm³/mol. The molecule has 172 valence electrons. The number of rotatable bonds is 6. The van der Waals surface area contributed by atoms with Crippen molar-refractivity contribution < 1.29 is 14.7 Å². The third-order valence-electron chi connectivity index (χ3n) is 7.36. The lowest BCUT2D eigenvalue weighted by Gasteiger charge is -2.23. The van der Waals surface area contributed by atoms with Crippen LogP contribution < -0.4 is 10.6 Å². The number of aryl methyl sites for hydroxylation is 1. The van der Waals surface area contributed by atoms with E-state index in [1.807, 2.05) is 25.1 Å². The Morgan fingerprint density at radius 1 is 1.16 bits per heavy atom. The molecule has 1 saturated carbocycles. The van der Waals surface area contributed by atoms with Crippen molar-refractivity contribution in [3.05, 3.63) is 47.5 Å². The van der Waals surface area contributed by atoms with Gasteiger partial charge < -0.3 is 15.7 Å². The van der Waals surface area contributed by atoms with Crippen molar-refractivity contribution >= 4 is 41.8 Å². The van der Waals surface area contributed by atoms with Gasteiger partial charge in [-0.2, -0.15) is 0 Å². The standard InChI is InChI=1S/C24H30N4O3.HI/c1-2-25-23(27-14-24(31)10-9-15-5-3-4-6-18(15)24)26-11-12-28-21(29)19-16-7-8-17(13-16)20(19)22(28)30;/h3-8,16-17,19-20,31H,2,9-14H2,1H3,(H2,25,26,27);1H. The molecule has 8 heteroatoms. The van der Waals surface area contributed by atoms with Crippen LogP contribution in [0.4, 0.5) is 0 Å². The van der Waals surface area contributed by atoms with E-state index in [2.05, 4.69) is 33.8 Å². The predicted octanol–water partition coefficient (Wildman–Crippen LogP) is 1.80. The zero-order valence-corrected chi connectivity index (χ0v) is 20.6. The summed E-state index contributed by atoms with van der Waals surface area (Å²) in [5, 5.41) is 17.5. The number of hydrogen-bond acceptors (Lipinski definition) is 4. The number of guanidine groups is 1. The lowest BCUT2D eigenvalue weighted by Crippen LogP contribution is -2.44. The minimum absolute atomic E-state index is 0. The van der Waals surface area contributed by atoms with Gasteiger partial charge in [0.1, 0.15) is 5.60 Å². The van der Waals surface area contributed by atoms with Crippen LogP contribution in [0.3, 0.4) is 0 Å². The van der Waals surface area contributed by atoms with Gasteiger partial charge in [-0.05, 0) is 49.1 Å². The number of allylic oxidation sites excluding steroid dienone is 2. The first-order valence-electron chi connectivity index (χ1n) is 11.4. The van der Waals surface area contributed by atoms with Crippen LogP contribution in [0.5, 0.6) is 0 Å². The number of benzene rings is 1. The molecule has 1 aromatic carbocycles. The lowest BCUT2D eigenvalue weighted by atomic mass is 9.85. The maximum atomic E-state index is 12.8. The molecule has 32 heavy (non-hydrogen) atoms. The summed E-state index contributed by atoms with van der Waals surface area (Å²) in [6, 6.07) is 7.97. The zero-order chi connectivity index (χ0) is 21.6. The molecule has 5 rings (SSSR count). The topological polar surface area (TPSA) is 94.0 Å². The number of carbonyl (C=O) groups is 2. The van der Waals surface area contributed by atoms with Crippen LogP contribution >= 0.6 is 24.0 Å². The first kappa shape index (κ1) is 23.2. The van der Waals surface area contributed by atoms with Gasteiger partial charge >= 0.3 is 0 Å². The number of halogens is 1. The van der Waals surface area contributed by atoms with Gasteiger partial charge in [0.25, 0.3) is 0 Å². The molecule has 0 aromatic heterocycles. The van der Waals surface area contributed by atoms with Gasteiger partial charge in [0.2, 0.25) is 11.8 Å². The Balaban J connectivity index is 0.00000245. The van der Waals surface area contributed by atoms with Crippen molar-refractivity contribution in [3.8, 4) is 0 Å². The van der Waals surface area contributed by atoms with Crippen molar-refractivity contribution in [2.24, 2.45) is 28.7 Å². The van der Waals surface area contributed by atoms with E-state index in [9.17, 15) is 14.7 Å². The Kier molecular flexibility index (Phi) is 6.63. The molecule has 4 aliphatic rings. The Morgan fingerprint density at radius 3 is 2.53 bits per heavy atom. The molecule has 3 aliphatic carbocycles. The van der Waals surface area contributed by atoms with Gasteiger partial charge in [-0.25, -0.2) is 4.99 Å². The average molecular weight is 550 g/mol. The van der Waals surface area contributed by atoms with Crippen LogP contribution in [-0.2, 0) is 21.6 Å². The monoisotopic (exact) mass is 550 g/mol. The van der Waals surface area contributed by atoms with E-state index in [1.54, 1.807) is 0 Å². The maximum absolute atomic E-state index is 12.8. The fourth-order valence-electron chi connectivity index (χ4n) is 5.85. The molecule has 2 amide bonds. The summed E-state index contributed by atoms with van der Waals surface area (Å²) < 4.78 is 0. The Morgan fingerprint density at radius 2 is 1.84 bits per heavy atom. The van der Waals surface area contributed by atoms with Gasteiger partial charge in [0, 0.05) is 19.6 Å². The minimum Gasteiger partial charge on any atom is -0.383 e. The summed E-state index contributed by atoms with van der Waals surface area (Å²) in [4.78, 5) is 31.7. The molecule has 5 unspecified atom stereocenters. The molecule has 1 aromatic rings. The van der Waals surface area contributed by atoms with Crippen LogP contribution in [0, 0.1) is 23.7 Å². The lowest BCUT2D eigenvalue weighted by molar-refractivity contribution is -0.140. The Bertz CT molecular complexity index is 934. The van der Waals surface area contributed by atoms with E-state index in [1.165, 1.54) is 10.5 Å². The molecule has 5 atom stereocenters. The maximum Gasteiger partial charge on any atom is 0.233 e. The fraction of sp³-hybridized carbons (Fsp3) is 0.542. The molecule has 7 nitrogen and oxygen atoms in total. The molecule has 1 heterocycles. The van der Waals surface area contributed by atoms with E-state index in [0.717, 1.165) is 18.4 Å². The van der Waals surface area contributed by atoms with Crippen LogP contribution in [-0.4, -0.2) is 54.0 Å². The molecule has 1 saturated heterocycles. The Hall–Kier alpha value is -1.94. The second kappa shape index (κ2) is 9.13. The number of aliphatic hydroxyl groups is 1. The molecule has 3 N–H and O–H groups in total. The highest BCUT2D eigenvalue weighted by Crippen LogP contribution is 2.52. The molecular formula is C24H31IN4O3. The SMILES string of the molecule is CCNC(=NCC1(O)CCc2ccccc21)NCCN1C(=O)C2C3C=CC(C3)C2C1=O.I. The van der Waals surface area contributed by atoms with Gasteiger partial charge in [0.15, 0.2) is 5.96 Å². The normalized spacial score (nSPS) is 32.2. The van der Waals surface area contributed by atoms with Gasteiger partial charge in [-0.15, -0.1) is 24.0 Å². The van der Waals surface area contributed by atoms with Crippen molar-refractivity contribution in [3.63, 3.8) is 0 Å². The fourth-order valence-corrected chi connectivity index (χ4v) is 5.85. The molecule has 1 aliphatic heterocycles. The summed E-state index contributed by atoms with van der Waals surface area (Å²) in [5.74, 6) is 0.708. The summed E-state index contributed by atoms with van der Waals surface area (Å²) >= 11 is 0. The molecule has 2 bridgehead atoms. The molecule has 0 radical (unpaired) electrons. The van der Waals surface area contributed by atoms with Crippen molar-refractivity contribution in [1.82, 2.24) is 15.5 Å². The van der Waals surface area contributed by atoms with Crippen molar-refractivity contribution in [1.29, 1.82) is 0 Å². The van der Waals surface area contributed by atoms with E-state index >= 15 is 0 Å². The number of nitrogens with one attached hydrogen (secondary N) is 2. The average Bonchev–Trinajstić information content (AvgIpc) is 3.52. The van der Waals surface area contributed by atoms with Gasteiger partial charge in [-0.3, -0.25) is 14.5 Å². The smallest absolute Gasteiger partial charge is 0.233 e. The zero-order valence-electron chi connectivity index (χ0n) is 18.3. The quantitative estimate of drug-likeness (QED) is 0.165. The number of likely N-dealkylation sites (tertiary alicyclic amines) is 1. The second-order valence-electron chi connectivity index (χ2n) is 9.14. The van der Waals surface area contributed by atoms with Crippen molar-refractivity contribution in [2.75, 3.05) is 26.2 Å². The van der Waals surface area contributed by atoms with E-state index < -0.39 is 5.60 Å². The number of carbonyl (C=O) groups excluding carboxylic acids is 2. The first-order valence-corrected chi connectivity index (χ1v) is 11.4. The van der Waals surface area contributed by atoms with Gasteiger partial charge in [-0.1, -0.05) is 36.4 Å². The molecule has 2 fully saturated rings. The van der Waals surface area contributed by atoms with E-state index in [-0.39, 0.29) is 66.0 Å². The third-order valence-corrected chi connectivity index (χ3v) is 7.36. The highest BCUT2D eigenvalue weighted by Gasteiger charge is 2.58. The Labute approximate surface area is 205 Å². The van der Waals surface area contributed by atoms with E-state index in [0.29, 0.717) is 32.0 Å². The highest BCUT2D eigenvalue weighted by atomic mass is 127. The second-order valence-corrected chi connectivity index (χ2v) is 9.14. The van der Waals surface area contributed by atoms with Crippen LogP contribution in [0.25, 0.3) is 0 Å². The van der Waals surface area contributed by atoms with Crippen LogP contribution in [0.2, 0.25) is 0 Å². The number of amides is 2. The number of nitrogens with zero attached hydrogens (tertiary/aromatic N) is 2. The molecular weight excluding hydrogens is 519 g/mol. The van der Waals surface area contributed by atoms with Crippen LogP contribution in [0.1, 0.15) is 30.9 Å². The van der Waals surface area contributed by atoms with Gasteiger partial charge in [0.05, 0.1) is 18.4 Å². The first-order chi connectivity index (χ1) is 15.0. The van der Waals surface area contributed by atoms with Crippen LogP contribution in [0.15, 0.2) is 41.4 Å². The third kappa shape index (κ3) is 3.85. The summed E-state index contributed by atoms with van der Waals surface area (Å²) in [6.07, 6.45) is 6.68. The summed E-state index contributed by atoms with van der Waals surface area (Å²) in [6.45, 7) is 3.69. The number of aliphatic imine (C=N–C) groups is 1. The van der Waals surface area contributed by atoms with E-state index in [4.69, 9.17) is 0 Å². The molecule has 0 spiro atoms. The number of imide groups is 1.